The van der Waals surface area contributed by atoms with Gasteiger partial charge in [0.25, 0.3) is 0 Å². The molecule has 4 heterocycles. The van der Waals surface area contributed by atoms with Gasteiger partial charge in [-0.05, 0) is 12.1 Å². The minimum Gasteiger partial charge on any atom is -0.497 e. The maximum Gasteiger partial charge on any atom is 0.234 e. The van der Waals surface area contributed by atoms with E-state index in [1.807, 2.05) is 18.2 Å². The molecule has 4 atom stereocenters. The van der Waals surface area contributed by atoms with Crippen LogP contribution in [0.5, 0.6) is 23.0 Å². The van der Waals surface area contributed by atoms with Crippen LogP contribution in [0.4, 0.5) is 11.4 Å². The van der Waals surface area contributed by atoms with E-state index >= 15 is 0 Å². The Balaban J connectivity index is 1.28. The Bertz CT molecular complexity index is 1170. The molecule has 0 aromatic heterocycles. The Morgan fingerprint density at radius 1 is 1.09 bits per heavy atom. The van der Waals surface area contributed by atoms with E-state index in [1.54, 1.807) is 49.5 Å². The van der Waals surface area contributed by atoms with E-state index < -0.39 is 23.5 Å². The lowest BCUT2D eigenvalue weighted by molar-refractivity contribution is -0.128. The zero-order valence-electron chi connectivity index (χ0n) is 18.1. The molecule has 1 N–H and O–H groups in total. The van der Waals surface area contributed by atoms with Gasteiger partial charge in [0.15, 0.2) is 11.5 Å². The molecule has 0 unspecified atom stereocenters. The molecule has 2 aromatic carbocycles. The van der Waals surface area contributed by atoms with Gasteiger partial charge in [0.05, 0.1) is 38.7 Å². The molecule has 2 saturated heterocycles. The van der Waals surface area contributed by atoms with Gasteiger partial charge in [0.2, 0.25) is 18.6 Å². The van der Waals surface area contributed by atoms with Crippen molar-refractivity contribution < 1.29 is 33.3 Å². The first-order chi connectivity index (χ1) is 16.0. The molecule has 0 saturated carbocycles. The highest BCUT2D eigenvalue weighted by Gasteiger charge is 2.67. The Hall–Kier alpha value is -3.72. The molecule has 4 aliphatic rings. The number of nitrogens with zero attached hydrogens (tertiary/aromatic N) is 1. The fraction of sp³-hybridized carbons (Fsp3) is 0.333. The number of ether oxygens (including phenoxy) is 5. The van der Waals surface area contributed by atoms with Gasteiger partial charge < -0.3 is 33.9 Å². The summed E-state index contributed by atoms with van der Waals surface area (Å²) in [6.07, 6.45) is 3.35. The number of hydrogen-bond donors (Lipinski definition) is 1. The molecule has 2 bridgehead atoms. The van der Waals surface area contributed by atoms with E-state index in [0.717, 1.165) is 0 Å². The van der Waals surface area contributed by atoms with Crippen molar-refractivity contribution in [2.24, 2.45) is 11.8 Å². The van der Waals surface area contributed by atoms with Gasteiger partial charge in [-0.25, -0.2) is 0 Å². The smallest absolute Gasteiger partial charge is 0.234 e. The van der Waals surface area contributed by atoms with Crippen molar-refractivity contribution in [3.63, 3.8) is 0 Å². The molecule has 33 heavy (non-hydrogen) atoms. The first-order valence-corrected chi connectivity index (χ1v) is 10.6. The lowest BCUT2D eigenvalue weighted by Crippen LogP contribution is -2.41. The van der Waals surface area contributed by atoms with Gasteiger partial charge >= 0.3 is 0 Å². The Morgan fingerprint density at radius 3 is 2.61 bits per heavy atom. The summed E-state index contributed by atoms with van der Waals surface area (Å²) in [7, 11) is 3.08. The molecule has 0 radical (unpaired) electrons. The zero-order valence-corrected chi connectivity index (χ0v) is 18.1. The maximum atomic E-state index is 13.6. The highest BCUT2D eigenvalue weighted by Crippen LogP contribution is 2.53. The highest BCUT2D eigenvalue weighted by atomic mass is 16.7. The van der Waals surface area contributed by atoms with E-state index in [9.17, 15) is 9.59 Å². The molecule has 2 aromatic rings. The molecule has 0 aliphatic carbocycles. The summed E-state index contributed by atoms with van der Waals surface area (Å²) in [5.41, 5.74) is 0.381. The summed E-state index contributed by atoms with van der Waals surface area (Å²) in [4.78, 5) is 28.6. The third-order valence-electron chi connectivity index (χ3n) is 6.69. The number of rotatable bonds is 5. The summed E-state index contributed by atoms with van der Waals surface area (Å²) >= 11 is 0. The van der Waals surface area contributed by atoms with Crippen molar-refractivity contribution in [3.8, 4) is 23.0 Å². The zero-order chi connectivity index (χ0) is 22.7. The van der Waals surface area contributed by atoms with Gasteiger partial charge in [0.1, 0.15) is 17.1 Å². The third kappa shape index (κ3) is 2.96. The number of benzene rings is 2. The molecular weight excluding hydrogens is 428 g/mol. The van der Waals surface area contributed by atoms with Crippen molar-refractivity contribution in [3.05, 3.63) is 48.6 Å². The van der Waals surface area contributed by atoms with Crippen molar-refractivity contribution in [2.45, 2.75) is 11.7 Å². The number of carbonyl (C=O) groups is 2. The van der Waals surface area contributed by atoms with Crippen LogP contribution in [0, 0.1) is 11.8 Å². The average molecular weight is 450 g/mol. The number of amides is 2. The summed E-state index contributed by atoms with van der Waals surface area (Å²) in [6.45, 7) is 0.490. The number of nitrogens with one attached hydrogen (secondary N) is 1. The minimum absolute atomic E-state index is 0.149. The molecule has 1 spiro atoms. The topological polar surface area (TPSA) is 95.6 Å². The fourth-order valence-electron chi connectivity index (χ4n) is 5.17. The van der Waals surface area contributed by atoms with Gasteiger partial charge in [-0.2, -0.15) is 0 Å². The van der Waals surface area contributed by atoms with Crippen LogP contribution >= 0.6 is 0 Å². The van der Waals surface area contributed by atoms with Gasteiger partial charge in [0, 0.05) is 35.6 Å². The second kappa shape index (κ2) is 7.14. The van der Waals surface area contributed by atoms with Gasteiger partial charge in [-0.3, -0.25) is 9.59 Å². The molecule has 170 valence electrons. The summed E-state index contributed by atoms with van der Waals surface area (Å²) in [6, 6.07) is 10.5. The lowest BCUT2D eigenvalue weighted by atomic mass is 9.77. The van der Waals surface area contributed by atoms with Crippen molar-refractivity contribution in [1.29, 1.82) is 0 Å². The maximum absolute atomic E-state index is 13.6. The van der Waals surface area contributed by atoms with Gasteiger partial charge in [-0.15, -0.1) is 0 Å². The molecular formula is C24H22N2O7. The molecule has 9 heteroatoms. The number of fused-ring (bicyclic) bond motifs is 2. The van der Waals surface area contributed by atoms with Crippen LogP contribution in [-0.2, 0) is 14.3 Å². The Kier molecular flexibility index (Phi) is 4.31. The van der Waals surface area contributed by atoms with E-state index in [1.165, 1.54) is 0 Å². The van der Waals surface area contributed by atoms with Crippen LogP contribution in [0.3, 0.4) is 0 Å². The monoisotopic (exact) mass is 450 g/mol. The molecule has 4 aliphatic heterocycles. The number of methoxy groups -OCH3 is 2. The summed E-state index contributed by atoms with van der Waals surface area (Å²) in [5.74, 6) is 0.636. The first kappa shape index (κ1) is 19.9. The normalized spacial score (nSPS) is 28.2. The van der Waals surface area contributed by atoms with Crippen LogP contribution < -0.4 is 29.2 Å². The predicted molar refractivity (Wildman–Crippen MR) is 117 cm³/mol. The van der Waals surface area contributed by atoms with Gasteiger partial charge in [-0.1, -0.05) is 12.2 Å². The number of hydrogen-bond acceptors (Lipinski definition) is 7. The predicted octanol–water partition coefficient (Wildman–Crippen LogP) is 2.36. The van der Waals surface area contributed by atoms with E-state index in [0.29, 0.717) is 40.9 Å². The molecule has 6 rings (SSSR count). The highest BCUT2D eigenvalue weighted by molar-refractivity contribution is 6.05. The first-order valence-electron chi connectivity index (χ1n) is 10.6. The van der Waals surface area contributed by atoms with Crippen molar-refractivity contribution in [2.75, 3.05) is 37.8 Å². The Morgan fingerprint density at radius 2 is 1.85 bits per heavy atom. The second-order valence-electron chi connectivity index (χ2n) is 8.45. The average Bonchev–Trinajstić information content (AvgIpc) is 3.58. The minimum atomic E-state index is -0.827. The SMILES string of the molecule is COc1cc(NC(=O)[C@H]2[C@H]3C=C[C@]4(CN(c5ccc6c(c5)OCO6)C(=O)[C@@H]24)O3)cc(OC)c1. The number of anilines is 2. The van der Waals surface area contributed by atoms with Crippen LogP contribution in [-0.4, -0.2) is 51.1 Å². The molecule has 2 amide bonds. The standard InChI is InChI=1S/C24H22N2O7/c1-29-15-7-13(8-16(10-15)30-2)25-22(27)20-18-5-6-24(33-18)11-26(23(28)21(20)24)14-3-4-17-19(9-14)32-12-31-17/h3-10,18,20-21H,11-12H2,1-2H3,(H,25,27)/t18-,20+,21-,24-/m1/s1. The summed E-state index contributed by atoms with van der Waals surface area (Å²) < 4.78 is 27.6. The largest absolute Gasteiger partial charge is 0.497 e. The second-order valence-corrected chi connectivity index (χ2v) is 8.45. The van der Waals surface area contributed by atoms with Crippen LogP contribution in [0.25, 0.3) is 0 Å². The fourth-order valence-corrected chi connectivity index (χ4v) is 5.17. The van der Waals surface area contributed by atoms with Crippen LogP contribution in [0.1, 0.15) is 0 Å². The summed E-state index contributed by atoms with van der Waals surface area (Å²) in [5, 5.41) is 2.92. The van der Waals surface area contributed by atoms with E-state index in [-0.39, 0.29) is 18.6 Å². The Labute approximate surface area is 189 Å². The van der Waals surface area contributed by atoms with E-state index in [2.05, 4.69) is 5.32 Å². The number of carbonyl (C=O) groups excluding carboxylic acids is 2. The van der Waals surface area contributed by atoms with Crippen molar-refractivity contribution in [1.82, 2.24) is 0 Å². The third-order valence-corrected chi connectivity index (χ3v) is 6.69. The lowest BCUT2D eigenvalue weighted by Gasteiger charge is -2.23. The quantitative estimate of drug-likeness (QED) is 0.699. The van der Waals surface area contributed by atoms with Crippen LogP contribution in [0.2, 0.25) is 0 Å². The van der Waals surface area contributed by atoms with E-state index in [4.69, 9.17) is 23.7 Å². The molecule has 2 fully saturated rings. The van der Waals surface area contributed by atoms with Crippen molar-refractivity contribution >= 4 is 23.2 Å². The van der Waals surface area contributed by atoms with Crippen LogP contribution in [0.15, 0.2) is 48.6 Å². The molecule has 9 nitrogen and oxygen atoms in total.